The Labute approximate surface area is 96.6 Å². The predicted molar refractivity (Wildman–Crippen MR) is 62.7 cm³/mol. The van der Waals surface area contributed by atoms with Crippen molar-refractivity contribution in [3.8, 4) is 0 Å². The van der Waals surface area contributed by atoms with Crippen molar-refractivity contribution >= 4 is 11.8 Å². The van der Waals surface area contributed by atoms with E-state index in [0.29, 0.717) is 39.6 Å². The summed E-state index contributed by atoms with van der Waals surface area (Å²) in [5.74, 6) is 1.04. The molecule has 0 N–H and O–H groups in total. The summed E-state index contributed by atoms with van der Waals surface area (Å²) < 4.78 is 20.7. The highest BCUT2D eigenvalue weighted by Crippen LogP contribution is 1.90. The maximum atomic E-state index is 5.31. The summed E-state index contributed by atoms with van der Waals surface area (Å²) in [6.45, 7) is 4.61. The normalized spacial score (nSPS) is 10.8. The second-order valence-electron chi connectivity index (χ2n) is 2.82. The fraction of sp³-hybridized carbons (Fsp3) is 1.00. The Morgan fingerprint density at radius 2 is 1.20 bits per heavy atom. The molecular weight excluding hydrogens is 216 g/mol. The highest BCUT2D eigenvalue weighted by molar-refractivity contribution is 7.98. The molecule has 0 rings (SSSR count). The van der Waals surface area contributed by atoms with Crippen LogP contribution in [0.4, 0.5) is 0 Å². The molecule has 0 unspecified atom stereocenters. The zero-order valence-electron chi connectivity index (χ0n) is 9.70. The molecule has 0 aromatic heterocycles. The van der Waals surface area contributed by atoms with Gasteiger partial charge in [0.25, 0.3) is 0 Å². The third-order valence-electron chi connectivity index (χ3n) is 1.61. The van der Waals surface area contributed by atoms with Crippen molar-refractivity contribution in [2.24, 2.45) is 0 Å². The van der Waals surface area contributed by atoms with E-state index in [-0.39, 0.29) is 0 Å². The van der Waals surface area contributed by atoms with Crippen LogP contribution in [0.5, 0.6) is 0 Å². The minimum absolute atomic E-state index is 0.619. The first-order valence-corrected chi connectivity index (χ1v) is 6.52. The molecule has 5 heteroatoms. The molecule has 0 amide bonds. The van der Waals surface area contributed by atoms with Gasteiger partial charge in [-0.05, 0) is 6.26 Å². The minimum atomic E-state index is 0.619. The summed E-state index contributed by atoms with van der Waals surface area (Å²) in [5.41, 5.74) is 0. The van der Waals surface area contributed by atoms with Gasteiger partial charge in [0.05, 0.1) is 46.2 Å². The van der Waals surface area contributed by atoms with Crippen molar-refractivity contribution in [3.05, 3.63) is 0 Å². The van der Waals surface area contributed by atoms with Gasteiger partial charge in [0.1, 0.15) is 0 Å². The summed E-state index contributed by atoms with van der Waals surface area (Å²) in [6, 6.07) is 0. The van der Waals surface area contributed by atoms with E-state index in [2.05, 4.69) is 6.26 Å². The molecule has 0 aliphatic heterocycles. The third kappa shape index (κ3) is 14.2. The van der Waals surface area contributed by atoms with Crippen molar-refractivity contribution in [2.75, 3.05) is 65.4 Å². The molecule has 0 aliphatic rings. The molecule has 0 saturated heterocycles. The first kappa shape index (κ1) is 15.2. The van der Waals surface area contributed by atoms with Crippen molar-refractivity contribution in [3.63, 3.8) is 0 Å². The van der Waals surface area contributed by atoms with Gasteiger partial charge in [0.15, 0.2) is 0 Å². The third-order valence-corrected chi connectivity index (χ3v) is 2.18. The van der Waals surface area contributed by atoms with Crippen LogP contribution in [0.3, 0.4) is 0 Å². The molecule has 0 aromatic carbocycles. The molecule has 0 heterocycles. The fourth-order valence-electron chi connectivity index (χ4n) is 0.826. The first-order valence-electron chi connectivity index (χ1n) is 5.13. The lowest BCUT2D eigenvalue weighted by atomic mass is 10.7. The second kappa shape index (κ2) is 14.2. The number of hydrogen-bond donors (Lipinski definition) is 0. The molecule has 0 spiro atoms. The molecular formula is C10H22O4S. The van der Waals surface area contributed by atoms with E-state index in [1.165, 1.54) is 0 Å². The highest BCUT2D eigenvalue weighted by atomic mass is 32.2. The average molecular weight is 238 g/mol. The lowest BCUT2D eigenvalue weighted by Gasteiger charge is -2.06. The molecule has 0 fully saturated rings. The van der Waals surface area contributed by atoms with Gasteiger partial charge >= 0.3 is 0 Å². The van der Waals surface area contributed by atoms with E-state index in [1.807, 2.05) is 0 Å². The average Bonchev–Trinajstić information content (AvgIpc) is 2.26. The van der Waals surface area contributed by atoms with Crippen LogP contribution in [-0.4, -0.2) is 65.4 Å². The van der Waals surface area contributed by atoms with Gasteiger partial charge < -0.3 is 18.9 Å². The Balaban J connectivity index is 2.81. The van der Waals surface area contributed by atoms with Gasteiger partial charge in [-0.3, -0.25) is 0 Å². The van der Waals surface area contributed by atoms with Crippen LogP contribution >= 0.6 is 11.8 Å². The molecule has 92 valence electrons. The standard InChI is InChI=1S/C10H22O4S/c1-11-3-4-12-5-6-13-7-8-14-9-10-15-2/h3-10H2,1-2H3. The number of ether oxygens (including phenoxy) is 4. The van der Waals surface area contributed by atoms with E-state index in [4.69, 9.17) is 18.9 Å². The largest absolute Gasteiger partial charge is 0.382 e. The van der Waals surface area contributed by atoms with Crippen molar-refractivity contribution in [1.82, 2.24) is 0 Å². The van der Waals surface area contributed by atoms with Gasteiger partial charge in [0, 0.05) is 12.9 Å². The fourth-order valence-corrected chi connectivity index (χ4v) is 1.11. The molecule has 0 aromatic rings. The summed E-state index contributed by atoms with van der Waals surface area (Å²) in [7, 11) is 1.66. The van der Waals surface area contributed by atoms with E-state index < -0.39 is 0 Å². The molecule has 0 saturated carbocycles. The topological polar surface area (TPSA) is 36.9 Å². The molecule has 0 radical (unpaired) electrons. The van der Waals surface area contributed by atoms with Crippen LogP contribution in [0.1, 0.15) is 0 Å². The van der Waals surface area contributed by atoms with E-state index in [0.717, 1.165) is 12.4 Å². The zero-order chi connectivity index (χ0) is 11.2. The van der Waals surface area contributed by atoms with Gasteiger partial charge in [-0.2, -0.15) is 11.8 Å². The number of hydrogen-bond acceptors (Lipinski definition) is 5. The lowest BCUT2D eigenvalue weighted by Crippen LogP contribution is -2.11. The molecule has 15 heavy (non-hydrogen) atoms. The lowest BCUT2D eigenvalue weighted by molar-refractivity contribution is 0.00565. The summed E-state index contributed by atoms with van der Waals surface area (Å²) in [6.07, 6.45) is 2.07. The Bertz CT molecular complexity index is 102. The van der Waals surface area contributed by atoms with Crippen LogP contribution < -0.4 is 0 Å². The maximum Gasteiger partial charge on any atom is 0.0701 e. The number of thioether (sulfide) groups is 1. The van der Waals surface area contributed by atoms with Crippen molar-refractivity contribution in [2.45, 2.75) is 0 Å². The van der Waals surface area contributed by atoms with Gasteiger partial charge in [-0.1, -0.05) is 0 Å². The zero-order valence-corrected chi connectivity index (χ0v) is 10.5. The number of rotatable bonds is 12. The SMILES string of the molecule is COCCOCCOCCOCCSC. The summed E-state index contributed by atoms with van der Waals surface area (Å²) >= 11 is 1.78. The Kier molecular flexibility index (Phi) is 14.4. The molecule has 0 atom stereocenters. The molecule has 0 bridgehead atoms. The summed E-state index contributed by atoms with van der Waals surface area (Å²) in [5, 5.41) is 0. The first-order chi connectivity index (χ1) is 7.41. The van der Waals surface area contributed by atoms with Crippen molar-refractivity contribution < 1.29 is 18.9 Å². The highest BCUT2D eigenvalue weighted by Gasteiger charge is 1.91. The van der Waals surface area contributed by atoms with Gasteiger partial charge in [-0.15, -0.1) is 0 Å². The monoisotopic (exact) mass is 238 g/mol. The molecule has 0 aliphatic carbocycles. The summed E-state index contributed by atoms with van der Waals surface area (Å²) in [4.78, 5) is 0. The van der Waals surface area contributed by atoms with Crippen LogP contribution in [0.2, 0.25) is 0 Å². The number of methoxy groups -OCH3 is 1. The second-order valence-corrected chi connectivity index (χ2v) is 3.81. The van der Waals surface area contributed by atoms with E-state index in [1.54, 1.807) is 18.9 Å². The Morgan fingerprint density at radius 3 is 1.67 bits per heavy atom. The maximum absolute atomic E-state index is 5.31. The van der Waals surface area contributed by atoms with Crippen LogP contribution in [0, 0.1) is 0 Å². The van der Waals surface area contributed by atoms with Crippen LogP contribution in [0.15, 0.2) is 0 Å². The Hall–Kier alpha value is 0.190. The van der Waals surface area contributed by atoms with Gasteiger partial charge in [0.2, 0.25) is 0 Å². The Morgan fingerprint density at radius 1 is 0.733 bits per heavy atom. The van der Waals surface area contributed by atoms with E-state index >= 15 is 0 Å². The quantitative estimate of drug-likeness (QED) is 0.475. The smallest absolute Gasteiger partial charge is 0.0701 e. The predicted octanol–water partition coefficient (Wildman–Crippen LogP) is 1.05. The van der Waals surface area contributed by atoms with E-state index in [9.17, 15) is 0 Å². The van der Waals surface area contributed by atoms with Crippen LogP contribution in [0.25, 0.3) is 0 Å². The molecule has 4 nitrogen and oxygen atoms in total. The van der Waals surface area contributed by atoms with Gasteiger partial charge in [-0.25, -0.2) is 0 Å². The minimum Gasteiger partial charge on any atom is -0.382 e. The van der Waals surface area contributed by atoms with Crippen LogP contribution in [-0.2, 0) is 18.9 Å². The van der Waals surface area contributed by atoms with Crippen molar-refractivity contribution in [1.29, 1.82) is 0 Å².